The summed E-state index contributed by atoms with van der Waals surface area (Å²) in [7, 11) is 1.53. The van der Waals surface area contributed by atoms with Gasteiger partial charge in [0, 0.05) is 11.8 Å². The van der Waals surface area contributed by atoms with Gasteiger partial charge in [-0.3, -0.25) is 10.1 Å². The first-order valence-electron chi connectivity index (χ1n) is 5.80. The lowest BCUT2D eigenvalue weighted by atomic mass is 10.2. The van der Waals surface area contributed by atoms with Crippen LogP contribution in [-0.2, 0) is 0 Å². The van der Waals surface area contributed by atoms with Crippen molar-refractivity contribution < 1.29 is 19.6 Å². The lowest BCUT2D eigenvalue weighted by molar-refractivity contribution is -0.385. The van der Waals surface area contributed by atoms with Gasteiger partial charge in [0.2, 0.25) is 0 Å². The number of ether oxygens (including phenoxy) is 1. The zero-order valence-corrected chi connectivity index (χ0v) is 10.9. The van der Waals surface area contributed by atoms with Crippen molar-refractivity contribution in [3.8, 4) is 5.75 Å². The second-order valence-corrected chi connectivity index (χ2v) is 4.01. The van der Waals surface area contributed by atoms with Gasteiger partial charge in [0.1, 0.15) is 23.3 Å². The summed E-state index contributed by atoms with van der Waals surface area (Å²) in [4.78, 5) is 24.9. The highest BCUT2D eigenvalue weighted by Crippen LogP contribution is 2.24. The van der Waals surface area contributed by atoms with E-state index in [2.05, 4.69) is 10.3 Å². The minimum atomic E-state index is -1.30. The van der Waals surface area contributed by atoms with Gasteiger partial charge in [-0.25, -0.2) is 9.78 Å². The van der Waals surface area contributed by atoms with Crippen LogP contribution in [0.4, 0.5) is 17.2 Å². The summed E-state index contributed by atoms with van der Waals surface area (Å²) in [5.74, 6) is -0.629. The normalized spacial score (nSPS) is 9.95. The van der Waals surface area contributed by atoms with E-state index in [1.807, 2.05) is 0 Å². The van der Waals surface area contributed by atoms with Crippen LogP contribution in [-0.4, -0.2) is 28.1 Å². The van der Waals surface area contributed by atoms with Crippen LogP contribution in [0.3, 0.4) is 0 Å². The number of rotatable bonds is 5. The number of benzene rings is 1. The molecule has 1 aromatic carbocycles. The predicted molar refractivity (Wildman–Crippen MR) is 74.1 cm³/mol. The molecule has 1 heterocycles. The van der Waals surface area contributed by atoms with Gasteiger partial charge < -0.3 is 15.2 Å². The zero-order chi connectivity index (χ0) is 15.4. The molecule has 0 aliphatic carbocycles. The molecule has 0 saturated carbocycles. The number of pyridine rings is 1. The Hall–Kier alpha value is -3.16. The smallest absolute Gasteiger partial charge is 0.339 e. The third-order valence-electron chi connectivity index (χ3n) is 2.67. The Labute approximate surface area is 119 Å². The van der Waals surface area contributed by atoms with Crippen molar-refractivity contribution in [3.05, 3.63) is 52.2 Å². The highest BCUT2D eigenvalue weighted by Gasteiger charge is 2.17. The van der Waals surface area contributed by atoms with Gasteiger partial charge >= 0.3 is 5.97 Å². The fourth-order valence-corrected chi connectivity index (χ4v) is 1.63. The number of carboxylic acid groups (broad SMARTS) is 1. The molecule has 2 aromatic rings. The molecule has 2 rings (SSSR count). The molecule has 0 unspecified atom stereocenters. The molecule has 0 amide bonds. The lowest BCUT2D eigenvalue weighted by Gasteiger charge is -2.09. The molecule has 0 aliphatic rings. The summed E-state index contributed by atoms with van der Waals surface area (Å²) in [6.45, 7) is 0. The largest absolute Gasteiger partial charge is 0.497 e. The molecule has 0 atom stereocenters. The number of carbonyl (C=O) groups is 1. The first-order valence-corrected chi connectivity index (χ1v) is 5.80. The first kappa shape index (κ1) is 14.3. The van der Waals surface area contributed by atoms with E-state index in [0.717, 1.165) is 12.3 Å². The molecule has 0 spiro atoms. The number of nitrogens with zero attached hydrogens (tertiary/aromatic N) is 2. The van der Waals surface area contributed by atoms with Crippen LogP contribution in [0.2, 0.25) is 0 Å². The number of methoxy groups -OCH3 is 1. The van der Waals surface area contributed by atoms with Crippen molar-refractivity contribution in [2.45, 2.75) is 0 Å². The van der Waals surface area contributed by atoms with E-state index >= 15 is 0 Å². The quantitative estimate of drug-likeness (QED) is 0.641. The lowest BCUT2D eigenvalue weighted by Crippen LogP contribution is -2.06. The fourth-order valence-electron chi connectivity index (χ4n) is 1.63. The topological polar surface area (TPSA) is 115 Å². The van der Waals surface area contributed by atoms with Crippen molar-refractivity contribution in [1.82, 2.24) is 4.98 Å². The summed E-state index contributed by atoms with van der Waals surface area (Å²) in [6, 6.07) is 7.69. The van der Waals surface area contributed by atoms with Crippen molar-refractivity contribution in [2.75, 3.05) is 12.4 Å². The van der Waals surface area contributed by atoms with Gasteiger partial charge in [0.05, 0.1) is 12.0 Å². The molecular formula is C13H11N3O5. The van der Waals surface area contributed by atoms with Gasteiger partial charge in [-0.2, -0.15) is 0 Å². The Morgan fingerprint density at radius 1 is 1.38 bits per heavy atom. The number of anilines is 2. The molecule has 0 fully saturated rings. The van der Waals surface area contributed by atoms with Crippen molar-refractivity contribution in [1.29, 1.82) is 0 Å². The number of nitrogens with one attached hydrogen (secondary N) is 1. The molecule has 0 bridgehead atoms. The molecule has 8 heteroatoms. The van der Waals surface area contributed by atoms with Gasteiger partial charge in [0.15, 0.2) is 0 Å². The van der Waals surface area contributed by atoms with Crippen LogP contribution in [0.5, 0.6) is 5.75 Å². The number of carboxylic acids is 1. The van der Waals surface area contributed by atoms with E-state index < -0.39 is 10.9 Å². The second kappa shape index (κ2) is 5.87. The SMILES string of the molecule is COc1ccc(Nc2ncc([N+](=O)[O-])cc2C(=O)O)cc1. The fraction of sp³-hybridized carbons (Fsp3) is 0.0769. The summed E-state index contributed by atoms with van der Waals surface area (Å²) < 4.78 is 5.01. The number of aromatic carboxylic acids is 1. The molecule has 0 saturated heterocycles. The summed E-state index contributed by atoms with van der Waals surface area (Å²) in [5.41, 5.74) is -0.0765. The third-order valence-corrected chi connectivity index (χ3v) is 2.67. The number of aromatic nitrogens is 1. The molecule has 1 aromatic heterocycles. The summed E-state index contributed by atoms with van der Waals surface area (Å²) in [5, 5.41) is 22.6. The Morgan fingerprint density at radius 2 is 2.05 bits per heavy atom. The van der Waals surface area contributed by atoms with Crippen LogP contribution in [0.1, 0.15) is 10.4 Å². The number of hydrogen-bond donors (Lipinski definition) is 2. The first-order chi connectivity index (χ1) is 10.0. The average Bonchev–Trinajstić information content (AvgIpc) is 2.48. The Bertz CT molecular complexity index is 685. The highest BCUT2D eigenvalue weighted by atomic mass is 16.6. The Kier molecular flexibility index (Phi) is 3.98. The summed E-state index contributed by atoms with van der Waals surface area (Å²) >= 11 is 0. The summed E-state index contributed by atoms with van der Waals surface area (Å²) in [6.07, 6.45) is 0.998. The van der Waals surface area contributed by atoms with E-state index in [1.54, 1.807) is 24.3 Å². The maximum Gasteiger partial charge on any atom is 0.339 e. The molecule has 21 heavy (non-hydrogen) atoms. The van der Waals surface area contributed by atoms with E-state index in [9.17, 15) is 14.9 Å². The van der Waals surface area contributed by atoms with Crippen LogP contribution < -0.4 is 10.1 Å². The van der Waals surface area contributed by atoms with Gasteiger partial charge in [0.25, 0.3) is 5.69 Å². The van der Waals surface area contributed by atoms with E-state index in [4.69, 9.17) is 9.84 Å². The third kappa shape index (κ3) is 3.24. The predicted octanol–water partition coefficient (Wildman–Crippen LogP) is 2.44. The van der Waals surface area contributed by atoms with Gasteiger partial charge in [-0.1, -0.05) is 0 Å². The van der Waals surface area contributed by atoms with Crippen LogP contribution in [0.15, 0.2) is 36.5 Å². The number of hydrogen-bond acceptors (Lipinski definition) is 6. The maximum atomic E-state index is 11.2. The van der Waals surface area contributed by atoms with Gasteiger partial charge in [-0.15, -0.1) is 0 Å². The zero-order valence-electron chi connectivity index (χ0n) is 10.9. The molecule has 0 aliphatic heterocycles. The standard InChI is InChI=1S/C13H11N3O5/c1-21-10-4-2-8(3-5-10)15-12-11(13(17)18)6-9(7-14-12)16(19)20/h2-7H,1H3,(H,14,15)(H,17,18). The molecule has 108 valence electrons. The van der Waals surface area contributed by atoms with Crippen molar-refractivity contribution in [3.63, 3.8) is 0 Å². The van der Waals surface area contributed by atoms with E-state index in [1.165, 1.54) is 7.11 Å². The maximum absolute atomic E-state index is 11.2. The molecule has 0 radical (unpaired) electrons. The van der Waals surface area contributed by atoms with Crippen molar-refractivity contribution in [2.24, 2.45) is 0 Å². The van der Waals surface area contributed by atoms with Crippen LogP contribution in [0.25, 0.3) is 0 Å². The minimum absolute atomic E-state index is 0.0262. The van der Waals surface area contributed by atoms with Gasteiger partial charge in [-0.05, 0) is 24.3 Å². The average molecular weight is 289 g/mol. The highest BCUT2D eigenvalue weighted by molar-refractivity contribution is 5.94. The Balaban J connectivity index is 2.34. The monoisotopic (exact) mass is 289 g/mol. The molecule has 8 nitrogen and oxygen atoms in total. The Morgan fingerprint density at radius 3 is 2.57 bits per heavy atom. The number of nitro groups is 1. The van der Waals surface area contributed by atoms with Crippen LogP contribution >= 0.6 is 0 Å². The molecular weight excluding hydrogens is 278 g/mol. The van der Waals surface area contributed by atoms with E-state index in [0.29, 0.717) is 11.4 Å². The second-order valence-electron chi connectivity index (χ2n) is 4.01. The van der Waals surface area contributed by atoms with Crippen LogP contribution in [0, 0.1) is 10.1 Å². The van der Waals surface area contributed by atoms with E-state index in [-0.39, 0.29) is 17.1 Å². The van der Waals surface area contributed by atoms with Crippen molar-refractivity contribution >= 4 is 23.2 Å². The minimum Gasteiger partial charge on any atom is -0.497 e. The molecule has 2 N–H and O–H groups in total.